The van der Waals surface area contributed by atoms with Crippen molar-refractivity contribution in [3.63, 3.8) is 0 Å². The van der Waals surface area contributed by atoms with Crippen molar-refractivity contribution in [1.29, 1.82) is 0 Å². The third-order valence-corrected chi connectivity index (χ3v) is 6.96. The van der Waals surface area contributed by atoms with Crippen molar-refractivity contribution in [3.05, 3.63) is 108 Å². The van der Waals surface area contributed by atoms with E-state index in [9.17, 15) is 0 Å². The zero-order chi connectivity index (χ0) is 19.3. The minimum Gasteiger partial charge on any atom is -0.343 e. The standard InChI is InChI=1S/C26H26N2O/c1-4-11-20(12-5-1)24-26(21-13-6-2-7-14-21,22-15-8-3-9-16-22)29-25-23-17-10-18-27(23)19-28(24)25/h1-9,11-16,23-25H,10,17-19H2/t23-,24+,25-/m0/s1. The highest BCUT2D eigenvalue weighted by molar-refractivity contribution is 5.44. The molecule has 29 heavy (non-hydrogen) atoms. The van der Waals surface area contributed by atoms with Crippen LogP contribution < -0.4 is 0 Å². The van der Waals surface area contributed by atoms with Crippen molar-refractivity contribution in [2.75, 3.05) is 13.2 Å². The molecular formula is C26H26N2O. The molecule has 0 aromatic heterocycles. The molecule has 3 heteroatoms. The van der Waals surface area contributed by atoms with Gasteiger partial charge in [0.05, 0.1) is 18.8 Å². The Bertz CT molecular complexity index is 936. The molecule has 3 atom stereocenters. The number of nitrogens with zero attached hydrogens (tertiary/aromatic N) is 2. The highest BCUT2D eigenvalue weighted by Gasteiger charge is 2.61. The summed E-state index contributed by atoms with van der Waals surface area (Å²) in [6.07, 6.45) is 2.63. The first kappa shape index (κ1) is 17.4. The summed E-state index contributed by atoms with van der Waals surface area (Å²) in [4.78, 5) is 5.22. The lowest BCUT2D eigenvalue weighted by Crippen LogP contribution is -2.40. The Balaban J connectivity index is 1.59. The molecule has 3 aliphatic rings. The van der Waals surface area contributed by atoms with Gasteiger partial charge in [0.15, 0.2) is 0 Å². The molecular weight excluding hydrogens is 356 g/mol. The van der Waals surface area contributed by atoms with Crippen LogP contribution in [0.25, 0.3) is 0 Å². The van der Waals surface area contributed by atoms with E-state index in [4.69, 9.17) is 4.74 Å². The molecule has 0 amide bonds. The van der Waals surface area contributed by atoms with Crippen molar-refractivity contribution < 1.29 is 4.74 Å². The summed E-state index contributed by atoms with van der Waals surface area (Å²) in [5.74, 6) is 0. The number of hydrogen-bond donors (Lipinski definition) is 0. The van der Waals surface area contributed by atoms with Crippen LogP contribution in [0.3, 0.4) is 0 Å². The largest absolute Gasteiger partial charge is 0.343 e. The molecule has 146 valence electrons. The van der Waals surface area contributed by atoms with Gasteiger partial charge < -0.3 is 4.74 Å². The fraction of sp³-hybridized carbons (Fsp3) is 0.308. The average molecular weight is 383 g/mol. The van der Waals surface area contributed by atoms with E-state index in [1.54, 1.807) is 0 Å². The van der Waals surface area contributed by atoms with E-state index in [-0.39, 0.29) is 12.3 Å². The minimum atomic E-state index is -0.511. The lowest BCUT2D eigenvalue weighted by atomic mass is 9.77. The molecule has 3 aliphatic heterocycles. The van der Waals surface area contributed by atoms with Gasteiger partial charge in [-0.15, -0.1) is 0 Å². The third kappa shape index (κ3) is 2.55. The predicted octanol–water partition coefficient (Wildman–Crippen LogP) is 4.77. The van der Waals surface area contributed by atoms with E-state index in [0.717, 1.165) is 6.67 Å². The van der Waals surface area contributed by atoms with E-state index in [2.05, 4.69) is 101 Å². The molecule has 0 spiro atoms. The van der Waals surface area contributed by atoms with Crippen LogP contribution in [0.15, 0.2) is 91.0 Å². The number of benzene rings is 3. The molecule has 3 aromatic rings. The van der Waals surface area contributed by atoms with E-state index in [0.29, 0.717) is 6.04 Å². The Labute approximate surface area is 172 Å². The van der Waals surface area contributed by atoms with Crippen molar-refractivity contribution in [1.82, 2.24) is 9.80 Å². The van der Waals surface area contributed by atoms with Gasteiger partial charge in [-0.05, 0) is 36.1 Å². The van der Waals surface area contributed by atoms with Gasteiger partial charge in [0.25, 0.3) is 0 Å². The second-order valence-electron chi connectivity index (χ2n) is 8.47. The average Bonchev–Trinajstić information content (AvgIpc) is 3.46. The number of ether oxygens (including phenoxy) is 1. The maximum Gasteiger partial charge on any atom is 0.140 e. The van der Waals surface area contributed by atoms with E-state index >= 15 is 0 Å². The molecule has 3 nitrogen and oxygen atoms in total. The zero-order valence-corrected chi connectivity index (χ0v) is 16.5. The van der Waals surface area contributed by atoms with Gasteiger partial charge in [-0.1, -0.05) is 91.0 Å². The van der Waals surface area contributed by atoms with Crippen LogP contribution in [0, 0.1) is 0 Å². The Morgan fingerprint density at radius 1 is 0.759 bits per heavy atom. The van der Waals surface area contributed by atoms with Crippen LogP contribution in [0.1, 0.15) is 35.6 Å². The topological polar surface area (TPSA) is 15.7 Å². The van der Waals surface area contributed by atoms with E-state index in [1.807, 2.05) is 0 Å². The summed E-state index contributed by atoms with van der Waals surface area (Å²) < 4.78 is 7.21. The number of hydrogen-bond acceptors (Lipinski definition) is 3. The first-order valence-electron chi connectivity index (χ1n) is 10.7. The van der Waals surface area contributed by atoms with Crippen LogP contribution in [0.5, 0.6) is 0 Å². The summed E-state index contributed by atoms with van der Waals surface area (Å²) in [6.45, 7) is 2.17. The van der Waals surface area contributed by atoms with Gasteiger partial charge in [-0.25, -0.2) is 0 Å². The minimum absolute atomic E-state index is 0.128. The van der Waals surface area contributed by atoms with Gasteiger partial charge in [-0.2, -0.15) is 0 Å². The smallest absolute Gasteiger partial charge is 0.140 e. The van der Waals surface area contributed by atoms with Crippen LogP contribution in [-0.2, 0) is 10.3 Å². The third-order valence-electron chi connectivity index (χ3n) is 6.96. The second-order valence-corrected chi connectivity index (χ2v) is 8.47. The molecule has 3 fully saturated rings. The lowest BCUT2D eigenvalue weighted by molar-refractivity contribution is -0.0476. The monoisotopic (exact) mass is 382 g/mol. The molecule has 3 heterocycles. The maximum absolute atomic E-state index is 7.21. The van der Waals surface area contributed by atoms with Crippen molar-refractivity contribution in [2.24, 2.45) is 0 Å². The Hall–Kier alpha value is -2.46. The van der Waals surface area contributed by atoms with Gasteiger partial charge in [0.1, 0.15) is 11.8 Å². The molecule has 0 unspecified atom stereocenters. The van der Waals surface area contributed by atoms with E-state index in [1.165, 1.54) is 36.1 Å². The fourth-order valence-corrected chi connectivity index (χ4v) is 5.78. The normalized spacial score (nSPS) is 28.3. The second kappa shape index (κ2) is 6.81. The quantitative estimate of drug-likeness (QED) is 0.649. The molecule has 0 saturated carbocycles. The Morgan fingerprint density at radius 2 is 1.34 bits per heavy atom. The van der Waals surface area contributed by atoms with Crippen LogP contribution in [0.4, 0.5) is 0 Å². The summed E-state index contributed by atoms with van der Waals surface area (Å²) in [7, 11) is 0. The van der Waals surface area contributed by atoms with E-state index < -0.39 is 5.60 Å². The zero-order valence-electron chi connectivity index (χ0n) is 16.5. The first-order valence-corrected chi connectivity index (χ1v) is 10.7. The molecule has 0 radical (unpaired) electrons. The Morgan fingerprint density at radius 3 is 1.97 bits per heavy atom. The highest BCUT2D eigenvalue weighted by Crippen LogP contribution is 2.57. The van der Waals surface area contributed by atoms with Crippen molar-refractivity contribution in [2.45, 2.75) is 36.8 Å². The van der Waals surface area contributed by atoms with Crippen LogP contribution in [0.2, 0.25) is 0 Å². The van der Waals surface area contributed by atoms with Crippen molar-refractivity contribution in [3.8, 4) is 0 Å². The summed E-state index contributed by atoms with van der Waals surface area (Å²) in [5.41, 5.74) is 3.28. The van der Waals surface area contributed by atoms with Gasteiger partial charge in [-0.3, -0.25) is 9.80 Å². The molecule has 3 aromatic carbocycles. The Kier molecular flexibility index (Phi) is 4.08. The predicted molar refractivity (Wildman–Crippen MR) is 114 cm³/mol. The highest BCUT2D eigenvalue weighted by atomic mass is 16.5. The van der Waals surface area contributed by atoms with Crippen LogP contribution >= 0.6 is 0 Å². The maximum atomic E-state index is 7.21. The number of fused-ring (bicyclic) bond motifs is 3. The molecule has 3 saturated heterocycles. The summed E-state index contributed by atoms with van der Waals surface area (Å²) in [6, 6.07) is 33.2. The number of rotatable bonds is 3. The van der Waals surface area contributed by atoms with Gasteiger partial charge >= 0.3 is 0 Å². The van der Waals surface area contributed by atoms with Gasteiger partial charge in [0.2, 0.25) is 0 Å². The first-order chi connectivity index (χ1) is 14.4. The summed E-state index contributed by atoms with van der Waals surface area (Å²) in [5, 5.41) is 0. The molecule has 6 rings (SSSR count). The SMILES string of the molecule is c1ccc([C@H]2N3CN4CCC[C@H]4[C@@H]3OC2(c2ccccc2)c2ccccc2)cc1. The summed E-state index contributed by atoms with van der Waals surface area (Å²) >= 11 is 0. The van der Waals surface area contributed by atoms with Crippen LogP contribution in [-0.4, -0.2) is 35.3 Å². The van der Waals surface area contributed by atoms with Crippen molar-refractivity contribution >= 4 is 0 Å². The van der Waals surface area contributed by atoms with Gasteiger partial charge in [0, 0.05) is 0 Å². The molecule has 0 aliphatic carbocycles. The molecule has 0 bridgehead atoms. The lowest BCUT2D eigenvalue weighted by Gasteiger charge is -2.38. The fourth-order valence-electron chi connectivity index (χ4n) is 5.78. The molecule has 0 N–H and O–H groups in total.